The molecule has 0 saturated carbocycles. The summed E-state index contributed by atoms with van der Waals surface area (Å²) in [4.78, 5) is 23.1. The molecule has 1 aromatic heterocycles. The number of carboxylic acid groups (broad SMARTS) is 1. The number of thioether (sulfide) groups is 1. The van der Waals surface area contributed by atoms with Gasteiger partial charge in [-0.2, -0.15) is 4.73 Å². The Kier molecular flexibility index (Phi) is 13.0. The predicted octanol–water partition coefficient (Wildman–Crippen LogP) is 6.86. The van der Waals surface area contributed by atoms with Crippen molar-refractivity contribution >= 4 is 23.6 Å². The molecule has 1 aliphatic heterocycles. The minimum Gasteiger partial charge on any atom is -0.618 e. The first-order valence-electron chi connectivity index (χ1n) is 16.4. The lowest BCUT2D eigenvalue weighted by Gasteiger charge is -2.36. The predicted molar refractivity (Wildman–Crippen MR) is 184 cm³/mol. The van der Waals surface area contributed by atoms with Crippen LogP contribution in [0.15, 0.2) is 102 Å². The fourth-order valence-corrected chi connectivity index (χ4v) is 6.63. The number of ether oxygens (including phenoxy) is 2. The highest BCUT2D eigenvalue weighted by atomic mass is 32.2. The molecule has 4 aromatic rings. The van der Waals surface area contributed by atoms with Gasteiger partial charge in [0.1, 0.15) is 0 Å². The molecule has 5 rings (SSSR count). The molecule has 1 fully saturated rings. The average Bonchev–Trinajstić information content (AvgIpc) is 3.12. The van der Waals surface area contributed by atoms with Crippen molar-refractivity contribution < 1.29 is 34.0 Å². The van der Waals surface area contributed by atoms with E-state index in [0.717, 1.165) is 57.4 Å². The third-order valence-corrected chi connectivity index (χ3v) is 9.50. The molecule has 0 aliphatic carbocycles. The van der Waals surface area contributed by atoms with Gasteiger partial charge in [0.25, 0.3) is 5.03 Å². The Bertz CT molecular complexity index is 1630. The van der Waals surface area contributed by atoms with Crippen LogP contribution < -0.4 is 10.0 Å². The van der Waals surface area contributed by atoms with Crippen molar-refractivity contribution in [3.63, 3.8) is 0 Å². The number of aliphatic carboxylic acids is 1. The number of benzene rings is 3. The van der Waals surface area contributed by atoms with Crippen molar-refractivity contribution in [2.24, 2.45) is 0 Å². The maximum absolute atomic E-state index is 12.5. The summed E-state index contributed by atoms with van der Waals surface area (Å²) in [6.07, 6.45) is 4.69. The number of hydrogen-bond acceptors (Lipinski definition) is 7. The lowest BCUT2D eigenvalue weighted by Crippen LogP contribution is -2.32. The molecular formula is C38H42N2O7S. The number of nitrogens with one attached hydrogen (secondary N) is 1. The monoisotopic (exact) mass is 670 g/mol. The van der Waals surface area contributed by atoms with Crippen molar-refractivity contribution in [1.82, 2.24) is 5.32 Å². The zero-order valence-electron chi connectivity index (χ0n) is 26.8. The fourth-order valence-electron chi connectivity index (χ4n) is 5.70. The minimum absolute atomic E-state index is 0.0180. The molecule has 0 unspecified atom stereocenters. The number of aliphatic hydroxyl groups is 1. The van der Waals surface area contributed by atoms with Gasteiger partial charge in [0.2, 0.25) is 5.91 Å². The molecule has 0 bridgehead atoms. The summed E-state index contributed by atoms with van der Waals surface area (Å²) in [6.45, 7) is 0.383. The minimum atomic E-state index is -0.783. The summed E-state index contributed by atoms with van der Waals surface area (Å²) in [7, 11) is 0. The molecule has 9 nitrogen and oxygen atoms in total. The second kappa shape index (κ2) is 17.8. The fraction of sp³-hybridized carbons (Fsp3) is 0.342. The van der Waals surface area contributed by atoms with Gasteiger partial charge in [-0.05, 0) is 46.7 Å². The smallest absolute Gasteiger partial charge is 0.303 e. The molecule has 3 N–H and O–H groups in total. The van der Waals surface area contributed by atoms with Crippen LogP contribution in [0.25, 0.3) is 11.1 Å². The van der Waals surface area contributed by atoms with Crippen LogP contribution in [0.1, 0.15) is 79.6 Å². The second-order valence-electron chi connectivity index (χ2n) is 11.9. The second-order valence-corrected chi connectivity index (χ2v) is 12.9. The normalized spacial score (nSPS) is 17.6. The Labute approximate surface area is 285 Å². The molecule has 10 heteroatoms. The standard InChI is InChI=1S/C38H42N2O7S/c41-25-27-14-16-29(17-15-27)34-23-32(26-48-36-12-7-8-22-40(36)45)46-38(47-34)30-20-18-28(19-21-30)33-10-6-5-9-31(33)24-39-35(42)11-3-1-2-4-13-37(43)44/h5-10,12,14-22,32,34,38,41H,1-4,11,13,23-26H2,(H,39,42)(H,43,44)/t32-,34+,38+/m1/s1. The van der Waals surface area contributed by atoms with Crippen LogP contribution in [-0.4, -0.2) is 33.9 Å². The summed E-state index contributed by atoms with van der Waals surface area (Å²) in [6, 6.07) is 29.2. The number of rotatable bonds is 16. The number of carbonyl (C=O) groups excluding carboxylic acids is 1. The molecule has 252 valence electrons. The summed E-state index contributed by atoms with van der Waals surface area (Å²) in [5, 5.41) is 34.1. The number of unbranched alkanes of at least 4 members (excludes halogenated alkanes) is 3. The first-order valence-corrected chi connectivity index (χ1v) is 17.4. The van der Waals surface area contributed by atoms with Gasteiger partial charge in [0.05, 0.1) is 18.8 Å². The Morgan fingerprint density at radius 3 is 2.29 bits per heavy atom. The summed E-state index contributed by atoms with van der Waals surface area (Å²) in [5.41, 5.74) is 5.74. The Hall–Kier alpha value is -4.22. The molecular weight excluding hydrogens is 628 g/mol. The number of carboxylic acids is 1. The molecule has 2 heterocycles. The van der Waals surface area contributed by atoms with E-state index in [1.807, 2.05) is 78.9 Å². The number of amides is 1. The molecule has 3 atom stereocenters. The van der Waals surface area contributed by atoms with Gasteiger partial charge in [-0.1, -0.05) is 97.4 Å². The van der Waals surface area contributed by atoms with Crippen LogP contribution in [0.3, 0.4) is 0 Å². The highest BCUT2D eigenvalue weighted by molar-refractivity contribution is 7.99. The lowest BCUT2D eigenvalue weighted by molar-refractivity contribution is -0.645. The van der Waals surface area contributed by atoms with Crippen LogP contribution in [0.4, 0.5) is 0 Å². The molecule has 1 saturated heterocycles. The van der Waals surface area contributed by atoms with Crippen LogP contribution in [0, 0.1) is 5.21 Å². The third kappa shape index (κ3) is 10.1. The summed E-state index contributed by atoms with van der Waals surface area (Å²) >= 11 is 1.46. The van der Waals surface area contributed by atoms with Gasteiger partial charge < -0.3 is 30.2 Å². The Morgan fingerprint density at radius 2 is 1.56 bits per heavy atom. The van der Waals surface area contributed by atoms with E-state index in [0.29, 0.717) is 36.6 Å². The topological polar surface area (TPSA) is 132 Å². The van der Waals surface area contributed by atoms with Crippen molar-refractivity contribution in [3.8, 4) is 11.1 Å². The maximum Gasteiger partial charge on any atom is 0.303 e. The molecule has 0 radical (unpaired) electrons. The number of hydrogen-bond donors (Lipinski definition) is 3. The third-order valence-electron chi connectivity index (χ3n) is 8.35. The molecule has 1 aliphatic rings. The SMILES string of the molecule is O=C(O)CCCCCCC(=O)NCc1ccccc1-c1ccc([C@H]2O[C@@H](CSc3cccc[n+]3[O-])C[C@@H](c3ccc(CO)cc3)O2)cc1. The van der Waals surface area contributed by atoms with E-state index in [1.54, 1.807) is 12.1 Å². The largest absolute Gasteiger partial charge is 0.618 e. The van der Waals surface area contributed by atoms with Crippen LogP contribution in [0.2, 0.25) is 0 Å². The zero-order valence-corrected chi connectivity index (χ0v) is 27.6. The van der Waals surface area contributed by atoms with E-state index in [4.69, 9.17) is 14.6 Å². The van der Waals surface area contributed by atoms with Gasteiger partial charge >= 0.3 is 5.97 Å². The number of nitrogens with zero attached hydrogens (tertiary/aromatic N) is 1. The van der Waals surface area contributed by atoms with Gasteiger partial charge in [-0.15, -0.1) is 0 Å². The van der Waals surface area contributed by atoms with E-state index in [2.05, 4.69) is 5.32 Å². The van der Waals surface area contributed by atoms with Crippen molar-refractivity contribution in [1.29, 1.82) is 0 Å². The van der Waals surface area contributed by atoms with Gasteiger partial charge in [0.15, 0.2) is 12.5 Å². The van der Waals surface area contributed by atoms with Crippen molar-refractivity contribution in [2.75, 3.05) is 5.75 Å². The number of carbonyl (C=O) groups is 2. The van der Waals surface area contributed by atoms with E-state index in [9.17, 15) is 19.9 Å². The van der Waals surface area contributed by atoms with Gasteiger partial charge in [0, 0.05) is 49.3 Å². The van der Waals surface area contributed by atoms with E-state index in [1.165, 1.54) is 18.0 Å². The van der Waals surface area contributed by atoms with Gasteiger partial charge in [-0.3, -0.25) is 9.59 Å². The molecule has 48 heavy (non-hydrogen) atoms. The Balaban J connectivity index is 1.24. The zero-order chi connectivity index (χ0) is 33.7. The molecule has 1 amide bonds. The van der Waals surface area contributed by atoms with E-state index >= 15 is 0 Å². The van der Waals surface area contributed by atoms with E-state index < -0.39 is 12.3 Å². The van der Waals surface area contributed by atoms with Crippen LogP contribution in [0.5, 0.6) is 0 Å². The lowest BCUT2D eigenvalue weighted by atomic mass is 9.97. The maximum atomic E-state index is 12.5. The van der Waals surface area contributed by atoms with E-state index in [-0.39, 0.29) is 31.1 Å². The van der Waals surface area contributed by atoms with Crippen molar-refractivity contribution in [3.05, 3.63) is 125 Å². The summed E-state index contributed by atoms with van der Waals surface area (Å²) in [5.74, 6) is -0.218. The van der Waals surface area contributed by atoms with Crippen LogP contribution in [-0.2, 0) is 32.2 Å². The highest BCUT2D eigenvalue weighted by Gasteiger charge is 2.32. The Morgan fingerprint density at radius 1 is 0.854 bits per heavy atom. The number of aliphatic hydroxyl groups excluding tert-OH is 1. The first kappa shape index (κ1) is 35.1. The molecule has 0 spiro atoms. The summed E-state index contributed by atoms with van der Waals surface area (Å²) < 4.78 is 13.8. The average molecular weight is 671 g/mol. The number of aromatic nitrogens is 1. The quantitative estimate of drug-likeness (QED) is 0.0510. The van der Waals surface area contributed by atoms with Gasteiger partial charge in [-0.25, -0.2) is 0 Å². The first-order chi connectivity index (χ1) is 23.4. The molecule has 3 aromatic carbocycles. The number of pyridine rings is 1. The van der Waals surface area contributed by atoms with Crippen molar-refractivity contribution in [2.45, 2.75) is 81.6 Å². The van der Waals surface area contributed by atoms with Crippen LogP contribution >= 0.6 is 11.8 Å². The highest BCUT2D eigenvalue weighted by Crippen LogP contribution is 2.40.